The van der Waals surface area contributed by atoms with E-state index in [1.54, 1.807) is 30.3 Å². The summed E-state index contributed by atoms with van der Waals surface area (Å²) in [6, 6.07) is 13.8. The van der Waals surface area contributed by atoms with Gasteiger partial charge >= 0.3 is 5.69 Å². The smallest absolute Gasteiger partial charge is 0.341 e. The third kappa shape index (κ3) is 4.24. The van der Waals surface area contributed by atoms with E-state index in [-0.39, 0.29) is 16.7 Å². The molecule has 0 spiro atoms. The molecule has 1 fully saturated rings. The maximum atomic E-state index is 12.3. The molecule has 4 rings (SSSR count). The van der Waals surface area contributed by atoms with E-state index in [9.17, 15) is 14.4 Å². The molecule has 1 amide bonds. The Bertz CT molecular complexity index is 1120. The number of nitrogens with one attached hydrogen (secondary N) is 3. The van der Waals surface area contributed by atoms with Crippen molar-refractivity contribution in [2.75, 3.05) is 11.1 Å². The fourth-order valence-corrected chi connectivity index (χ4v) is 3.96. The van der Waals surface area contributed by atoms with Crippen LogP contribution in [0.4, 0.5) is 11.6 Å². The molecular weight excluding hydrogens is 390 g/mol. The summed E-state index contributed by atoms with van der Waals surface area (Å²) < 4.78 is 1.29. The minimum Gasteiger partial charge on any atom is -0.341 e. The minimum atomic E-state index is -0.416. The van der Waals surface area contributed by atoms with E-state index in [2.05, 4.69) is 20.7 Å². The van der Waals surface area contributed by atoms with Gasteiger partial charge in [0, 0.05) is 17.0 Å². The van der Waals surface area contributed by atoms with Crippen LogP contribution in [0.3, 0.4) is 0 Å². The molecule has 2 heterocycles. The zero-order valence-electron chi connectivity index (χ0n) is 15.6. The number of hydrogen-bond acceptors (Lipinski definition) is 6. The van der Waals surface area contributed by atoms with Crippen molar-refractivity contribution in [2.24, 2.45) is 0 Å². The third-order valence-electron chi connectivity index (χ3n) is 4.51. The normalized spacial score (nSPS) is 16.0. The molecule has 3 aromatic rings. The molecule has 0 saturated carbocycles. The second-order valence-corrected chi connectivity index (χ2v) is 7.81. The average molecular weight is 409 g/mol. The van der Waals surface area contributed by atoms with Gasteiger partial charge in [0.2, 0.25) is 11.1 Å². The Morgan fingerprint density at radius 1 is 1.21 bits per heavy atom. The Morgan fingerprint density at radius 2 is 2.00 bits per heavy atom. The summed E-state index contributed by atoms with van der Waals surface area (Å²) in [5.41, 5.74) is 2.47. The van der Waals surface area contributed by atoms with Crippen LogP contribution in [-0.4, -0.2) is 37.6 Å². The van der Waals surface area contributed by atoms with Gasteiger partial charge in [-0.3, -0.25) is 14.6 Å². The Kier molecular flexibility index (Phi) is 5.22. The minimum absolute atomic E-state index is 0.00443. The standard InChI is InChI=1S/C20H19N5O3S/c1-12-3-2-4-15(11-12)25-20(28)23-19(24-25)21-14-7-5-13(6-8-14)17(26)22-16-9-10-29-18(16)27/h2-8,11,16H,9-10H2,1H3,(H,22,26)(H2,21,23,24,28)/t16-/m1/s1. The first-order valence-corrected chi connectivity index (χ1v) is 10.1. The quantitative estimate of drug-likeness (QED) is 0.597. The second kappa shape index (κ2) is 7.96. The maximum Gasteiger partial charge on any atom is 0.349 e. The van der Waals surface area contributed by atoms with Crippen LogP contribution in [0.1, 0.15) is 22.3 Å². The van der Waals surface area contributed by atoms with Gasteiger partial charge in [0.1, 0.15) is 0 Å². The van der Waals surface area contributed by atoms with Crippen molar-refractivity contribution in [3.05, 3.63) is 70.1 Å². The third-order valence-corrected chi connectivity index (χ3v) is 5.52. The van der Waals surface area contributed by atoms with Crippen LogP contribution in [-0.2, 0) is 4.79 Å². The number of benzene rings is 2. The van der Waals surface area contributed by atoms with Crippen molar-refractivity contribution in [2.45, 2.75) is 19.4 Å². The molecule has 29 heavy (non-hydrogen) atoms. The van der Waals surface area contributed by atoms with Gasteiger partial charge in [-0.15, -0.1) is 5.10 Å². The van der Waals surface area contributed by atoms with Gasteiger partial charge in [-0.1, -0.05) is 23.9 Å². The number of anilines is 2. The summed E-state index contributed by atoms with van der Waals surface area (Å²) in [7, 11) is 0. The molecule has 3 N–H and O–H groups in total. The number of aryl methyl sites for hydroxylation is 1. The molecule has 1 aliphatic rings. The van der Waals surface area contributed by atoms with Crippen LogP contribution < -0.4 is 16.3 Å². The van der Waals surface area contributed by atoms with E-state index in [0.29, 0.717) is 29.3 Å². The molecule has 148 valence electrons. The number of aromatic amines is 1. The van der Waals surface area contributed by atoms with Crippen molar-refractivity contribution >= 4 is 34.4 Å². The number of rotatable bonds is 5. The lowest BCUT2D eigenvalue weighted by Gasteiger charge is -2.10. The lowest BCUT2D eigenvalue weighted by Crippen LogP contribution is -2.37. The zero-order valence-corrected chi connectivity index (χ0v) is 16.5. The van der Waals surface area contributed by atoms with Crippen LogP contribution in [0.15, 0.2) is 53.3 Å². The zero-order chi connectivity index (χ0) is 20.4. The Morgan fingerprint density at radius 3 is 2.69 bits per heavy atom. The number of carbonyl (C=O) groups is 2. The molecule has 0 bridgehead atoms. The Hall–Kier alpha value is -3.33. The van der Waals surface area contributed by atoms with Gasteiger partial charge in [-0.25, -0.2) is 4.79 Å². The predicted octanol–water partition coefficient (Wildman–Crippen LogP) is 2.37. The van der Waals surface area contributed by atoms with Gasteiger partial charge in [-0.2, -0.15) is 4.68 Å². The van der Waals surface area contributed by atoms with E-state index >= 15 is 0 Å². The summed E-state index contributed by atoms with van der Waals surface area (Å²) in [4.78, 5) is 38.8. The second-order valence-electron chi connectivity index (χ2n) is 6.71. The van der Waals surface area contributed by atoms with Gasteiger partial charge in [-0.05, 0) is 55.3 Å². The van der Waals surface area contributed by atoms with Crippen molar-refractivity contribution in [3.8, 4) is 5.69 Å². The number of hydrogen-bond donors (Lipinski definition) is 3. The van der Waals surface area contributed by atoms with Gasteiger partial charge < -0.3 is 10.6 Å². The molecule has 1 saturated heterocycles. The van der Waals surface area contributed by atoms with Crippen molar-refractivity contribution in [1.82, 2.24) is 20.1 Å². The lowest BCUT2D eigenvalue weighted by atomic mass is 10.1. The van der Waals surface area contributed by atoms with Crippen LogP contribution in [0.5, 0.6) is 0 Å². The van der Waals surface area contributed by atoms with Crippen molar-refractivity contribution in [1.29, 1.82) is 0 Å². The number of amides is 1. The van der Waals surface area contributed by atoms with Crippen LogP contribution in [0, 0.1) is 6.92 Å². The summed E-state index contributed by atoms with van der Waals surface area (Å²) in [6.07, 6.45) is 0.659. The lowest BCUT2D eigenvalue weighted by molar-refractivity contribution is -0.112. The Labute approximate surface area is 170 Å². The van der Waals surface area contributed by atoms with Gasteiger partial charge in [0.05, 0.1) is 11.7 Å². The monoisotopic (exact) mass is 409 g/mol. The van der Waals surface area contributed by atoms with Crippen molar-refractivity contribution in [3.63, 3.8) is 0 Å². The topological polar surface area (TPSA) is 109 Å². The van der Waals surface area contributed by atoms with Crippen LogP contribution >= 0.6 is 11.8 Å². The number of thioether (sulfide) groups is 1. The van der Waals surface area contributed by atoms with Crippen molar-refractivity contribution < 1.29 is 9.59 Å². The molecule has 1 aromatic heterocycles. The van der Waals surface area contributed by atoms with E-state index < -0.39 is 6.04 Å². The summed E-state index contributed by atoms with van der Waals surface area (Å²) in [5.74, 6) is 0.747. The molecule has 0 aliphatic carbocycles. The van der Waals surface area contributed by atoms with Crippen LogP contribution in [0.25, 0.3) is 5.69 Å². The molecule has 0 unspecified atom stereocenters. The van der Waals surface area contributed by atoms with Gasteiger partial charge in [0.25, 0.3) is 5.91 Å². The van der Waals surface area contributed by atoms with E-state index in [0.717, 1.165) is 11.3 Å². The van der Waals surface area contributed by atoms with E-state index in [1.165, 1.54) is 16.4 Å². The molecule has 9 heteroatoms. The molecule has 0 radical (unpaired) electrons. The SMILES string of the molecule is Cc1cccc(-n2nc(Nc3ccc(C(=O)N[C@@H]4CCSC4=O)cc3)[nH]c2=O)c1. The fourth-order valence-electron chi connectivity index (χ4n) is 3.03. The first kappa shape index (κ1) is 19.0. The largest absolute Gasteiger partial charge is 0.349 e. The van der Waals surface area contributed by atoms with E-state index in [1.807, 2.05) is 25.1 Å². The van der Waals surface area contributed by atoms with E-state index in [4.69, 9.17) is 0 Å². The fraction of sp³-hybridized carbons (Fsp3) is 0.200. The summed E-state index contributed by atoms with van der Waals surface area (Å²) >= 11 is 1.25. The highest BCUT2D eigenvalue weighted by atomic mass is 32.2. The van der Waals surface area contributed by atoms with Gasteiger partial charge in [0.15, 0.2) is 0 Å². The molecule has 2 aromatic carbocycles. The average Bonchev–Trinajstić information content (AvgIpc) is 3.27. The number of carbonyl (C=O) groups excluding carboxylic acids is 2. The molecule has 1 atom stereocenters. The Balaban J connectivity index is 1.45. The maximum absolute atomic E-state index is 12.3. The molecule has 8 nitrogen and oxygen atoms in total. The number of nitrogens with zero attached hydrogens (tertiary/aromatic N) is 2. The highest BCUT2D eigenvalue weighted by Gasteiger charge is 2.27. The predicted molar refractivity (Wildman–Crippen MR) is 112 cm³/mol. The highest BCUT2D eigenvalue weighted by Crippen LogP contribution is 2.20. The van der Waals surface area contributed by atoms with Crippen LogP contribution in [0.2, 0.25) is 0 Å². The highest BCUT2D eigenvalue weighted by molar-refractivity contribution is 8.14. The molecule has 1 aliphatic heterocycles. The first-order valence-electron chi connectivity index (χ1n) is 9.10. The number of H-pyrrole nitrogens is 1. The summed E-state index contributed by atoms with van der Waals surface area (Å²) in [5, 5.41) is 10.0. The summed E-state index contributed by atoms with van der Waals surface area (Å²) in [6.45, 7) is 1.94. The number of aromatic nitrogens is 3. The molecular formula is C20H19N5O3S. The first-order chi connectivity index (χ1) is 14.0.